The molecule has 1 heterocycles. The van der Waals surface area contributed by atoms with Crippen LogP contribution in [0.25, 0.3) is 0 Å². The molecule has 8 nitrogen and oxygen atoms in total. The van der Waals surface area contributed by atoms with E-state index in [1.165, 1.54) is 20.8 Å². The normalized spacial score (nSPS) is 18.9. The Balaban J connectivity index is 3.07. The molecular formula is C12H16F3NO7S. The van der Waals surface area contributed by atoms with Crippen LogP contribution in [0, 0.1) is 0 Å². The molecule has 0 aromatic carbocycles. The number of alkyl halides is 3. The Hall–Kier alpha value is -1.98. The smallest absolute Gasteiger partial charge is 0.467 e. The third-order valence-electron chi connectivity index (χ3n) is 2.59. The van der Waals surface area contributed by atoms with Crippen LogP contribution in [0.4, 0.5) is 18.0 Å². The second kappa shape index (κ2) is 6.49. The molecule has 0 aromatic rings. The van der Waals surface area contributed by atoms with E-state index in [0.717, 1.165) is 7.11 Å². The summed E-state index contributed by atoms with van der Waals surface area (Å²) in [4.78, 5) is 24.3. The fourth-order valence-electron chi connectivity index (χ4n) is 1.66. The van der Waals surface area contributed by atoms with Crippen LogP contribution in [0.2, 0.25) is 0 Å². The molecule has 0 saturated carbocycles. The number of halogens is 3. The highest BCUT2D eigenvalue weighted by Crippen LogP contribution is 2.32. The quantitative estimate of drug-likeness (QED) is 0.422. The number of rotatable bonds is 3. The van der Waals surface area contributed by atoms with Gasteiger partial charge in [-0.2, -0.15) is 21.6 Å². The zero-order chi connectivity index (χ0) is 18.9. The van der Waals surface area contributed by atoms with Crippen molar-refractivity contribution in [2.75, 3.05) is 7.11 Å². The third-order valence-corrected chi connectivity index (χ3v) is 3.59. The summed E-state index contributed by atoms with van der Waals surface area (Å²) in [7, 11) is -4.92. The summed E-state index contributed by atoms with van der Waals surface area (Å²) < 4.78 is 72.5. The Kier molecular flexibility index (Phi) is 5.43. The second-order valence-electron chi connectivity index (χ2n) is 5.71. The number of nitrogens with zero attached hydrogens (tertiary/aromatic N) is 1. The largest absolute Gasteiger partial charge is 0.534 e. The fraction of sp³-hybridized carbons (Fsp3) is 0.667. The van der Waals surface area contributed by atoms with Crippen molar-refractivity contribution in [3.8, 4) is 0 Å². The summed E-state index contributed by atoms with van der Waals surface area (Å²) in [6.07, 6.45) is -1.01. The van der Waals surface area contributed by atoms with Crippen LogP contribution >= 0.6 is 0 Å². The molecule has 1 aliphatic rings. The average molecular weight is 375 g/mol. The van der Waals surface area contributed by atoms with E-state index in [1.54, 1.807) is 0 Å². The standard InChI is InChI=1S/C12H16F3NO7S/c1-11(2,3)22-10(18)16-6-7(5-8(16)9(17)21-4)23-24(19,20)12(13,14)15/h6,8H,5H2,1-4H3/t8-/m1/s1. The number of esters is 1. The van der Waals surface area contributed by atoms with Crippen molar-refractivity contribution in [1.82, 2.24) is 4.90 Å². The van der Waals surface area contributed by atoms with Crippen LogP contribution in [0.3, 0.4) is 0 Å². The van der Waals surface area contributed by atoms with E-state index >= 15 is 0 Å². The van der Waals surface area contributed by atoms with Gasteiger partial charge >= 0.3 is 27.7 Å². The van der Waals surface area contributed by atoms with Crippen molar-refractivity contribution in [3.63, 3.8) is 0 Å². The third kappa shape index (κ3) is 4.76. The molecule has 0 aliphatic carbocycles. The van der Waals surface area contributed by atoms with Gasteiger partial charge in [0.1, 0.15) is 17.4 Å². The van der Waals surface area contributed by atoms with Crippen LogP contribution in [-0.2, 0) is 28.6 Å². The van der Waals surface area contributed by atoms with E-state index < -0.39 is 51.5 Å². The predicted octanol–water partition coefficient (Wildman–Crippen LogP) is 1.88. The number of ether oxygens (including phenoxy) is 2. The van der Waals surface area contributed by atoms with Gasteiger partial charge < -0.3 is 13.7 Å². The first-order valence-electron chi connectivity index (χ1n) is 6.48. The molecule has 24 heavy (non-hydrogen) atoms. The number of carbonyl (C=O) groups excluding carboxylic acids is 2. The maximum absolute atomic E-state index is 12.3. The van der Waals surface area contributed by atoms with Crippen molar-refractivity contribution in [2.45, 2.75) is 44.3 Å². The lowest BCUT2D eigenvalue weighted by molar-refractivity contribution is -0.145. The lowest BCUT2D eigenvalue weighted by atomic mass is 10.2. The van der Waals surface area contributed by atoms with E-state index in [1.807, 2.05) is 0 Å². The van der Waals surface area contributed by atoms with E-state index in [4.69, 9.17) is 4.74 Å². The average Bonchev–Trinajstić information content (AvgIpc) is 2.77. The Labute approximate surface area is 136 Å². The lowest BCUT2D eigenvalue weighted by Crippen LogP contribution is -2.42. The lowest BCUT2D eigenvalue weighted by Gasteiger charge is -2.26. The molecule has 12 heteroatoms. The number of methoxy groups -OCH3 is 1. The molecule has 0 spiro atoms. The summed E-state index contributed by atoms with van der Waals surface area (Å²) in [5.41, 5.74) is -6.60. The summed E-state index contributed by atoms with van der Waals surface area (Å²) in [5.74, 6) is -1.71. The minimum absolute atomic E-state index is 0.610. The zero-order valence-corrected chi connectivity index (χ0v) is 14.0. The summed E-state index contributed by atoms with van der Waals surface area (Å²) >= 11 is 0. The maximum atomic E-state index is 12.3. The van der Waals surface area contributed by atoms with Gasteiger partial charge in [-0.3, -0.25) is 4.90 Å². The van der Waals surface area contributed by atoms with Gasteiger partial charge in [-0.15, -0.1) is 0 Å². The highest BCUT2D eigenvalue weighted by Gasteiger charge is 2.50. The predicted molar refractivity (Wildman–Crippen MR) is 72.6 cm³/mol. The van der Waals surface area contributed by atoms with Gasteiger partial charge in [0.25, 0.3) is 0 Å². The highest BCUT2D eigenvalue weighted by molar-refractivity contribution is 7.87. The zero-order valence-electron chi connectivity index (χ0n) is 13.2. The Bertz CT molecular complexity index is 649. The van der Waals surface area contributed by atoms with Gasteiger partial charge in [0.2, 0.25) is 0 Å². The first kappa shape index (κ1) is 20.1. The number of hydrogen-bond donors (Lipinski definition) is 0. The maximum Gasteiger partial charge on any atom is 0.534 e. The van der Waals surface area contributed by atoms with Crippen molar-refractivity contribution < 1.29 is 44.8 Å². The van der Waals surface area contributed by atoms with Gasteiger partial charge in [0, 0.05) is 6.42 Å². The van der Waals surface area contributed by atoms with Gasteiger partial charge in [0.05, 0.1) is 13.3 Å². The molecule has 0 unspecified atom stereocenters. The topological polar surface area (TPSA) is 99.2 Å². The molecule has 138 valence electrons. The van der Waals surface area contributed by atoms with Crippen molar-refractivity contribution in [3.05, 3.63) is 12.0 Å². The number of amides is 1. The first-order chi connectivity index (χ1) is 10.7. The van der Waals surface area contributed by atoms with E-state index in [-0.39, 0.29) is 0 Å². The molecular weight excluding hydrogens is 359 g/mol. The second-order valence-corrected chi connectivity index (χ2v) is 7.25. The van der Waals surface area contributed by atoms with Gasteiger partial charge in [-0.05, 0) is 20.8 Å². The molecule has 1 rings (SSSR count). The Morgan fingerprint density at radius 1 is 1.25 bits per heavy atom. The number of hydrogen-bond acceptors (Lipinski definition) is 7. The molecule has 1 amide bonds. The molecule has 0 fully saturated rings. The minimum atomic E-state index is -5.92. The van der Waals surface area contributed by atoms with Crippen molar-refractivity contribution in [2.24, 2.45) is 0 Å². The molecule has 0 aromatic heterocycles. The van der Waals surface area contributed by atoms with E-state index in [2.05, 4.69) is 8.92 Å². The Morgan fingerprint density at radius 2 is 1.79 bits per heavy atom. The molecule has 0 radical (unpaired) electrons. The van der Waals surface area contributed by atoms with E-state index in [9.17, 15) is 31.2 Å². The summed E-state index contributed by atoms with van der Waals surface area (Å²) in [6, 6.07) is -1.40. The van der Waals surface area contributed by atoms with E-state index in [0.29, 0.717) is 11.1 Å². The van der Waals surface area contributed by atoms with Gasteiger partial charge in [-0.1, -0.05) is 0 Å². The van der Waals surface area contributed by atoms with Crippen LogP contribution in [0.5, 0.6) is 0 Å². The van der Waals surface area contributed by atoms with Crippen molar-refractivity contribution in [1.29, 1.82) is 0 Å². The number of carbonyl (C=O) groups is 2. The van der Waals surface area contributed by atoms with Crippen LogP contribution in [0.1, 0.15) is 27.2 Å². The van der Waals surface area contributed by atoms with Crippen LogP contribution in [0.15, 0.2) is 12.0 Å². The first-order valence-corrected chi connectivity index (χ1v) is 7.89. The fourth-order valence-corrected chi connectivity index (χ4v) is 2.15. The van der Waals surface area contributed by atoms with Crippen LogP contribution < -0.4 is 0 Å². The van der Waals surface area contributed by atoms with Crippen LogP contribution in [-0.4, -0.2) is 49.6 Å². The SMILES string of the molecule is COC(=O)[C@H]1CC(OS(=O)(=O)C(F)(F)F)=CN1C(=O)OC(C)(C)C. The molecule has 0 bridgehead atoms. The molecule has 1 aliphatic heterocycles. The van der Waals surface area contributed by atoms with Crippen molar-refractivity contribution >= 4 is 22.2 Å². The minimum Gasteiger partial charge on any atom is -0.467 e. The molecule has 0 N–H and O–H groups in total. The molecule has 1 atom stereocenters. The molecule has 0 saturated heterocycles. The van der Waals surface area contributed by atoms with Gasteiger partial charge in [-0.25, -0.2) is 9.59 Å². The Morgan fingerprint density at radius 3 is 2.21 bits per heavy atom. The summed E-state index contributed by atoms with van der Waals surface area (Å²) in [5, 5.41) is 0. The van der Waals surface area contributed by atoms with Gasteiger partial charge in [0.15, 0.2) is 0 Å². The summed E-state index contributed by atoms with van der Waals surface area (Å²) in [6.45, 7) is 4.59. The highest BCUT2D eigenvalue weighted by atomic mass is 32.2. The monoisotopic (exact) mass is 375 g/mol.